The summed E-state index contributed by atoms with van der Waals surface area (Å²) in [5, 5.41) is 7.17. The van der Waals surface area contributed by atoms with Crippen LogP contribution in [0.4, 0.5) is 14.7 Å². The Bertz CT molecular complexity index is 1680. The maximum absolute atomic E-state index is 15.1. The largest absolute Gasteiger partial charge is 0.382 e. The number of benzene rings is 2. The van der Waals surface area contributed by atoms with Crippen LogP contribution in [0, 0.1) is 18.6 Å². The number of fused-ring (bicyclic) bond motifs is 1. The minimum absolute atomic E-state index is 0.109. The molecule has 1 atom stereocenters. The van der Waals surface area contributed by atoms with Gasteiger partial charge in [-0.2, -0.15) is 4.98 Å². The summed E-state index contributed by atoms with van der Waals surface area (Å²) in [6, 6.07) is 12.4. The van der Waals surface area contributed by atoms with Gasteiger partial charge in [-0.1, -0.05) is 38.6 Å². The Hall–Kier alpha value is -4.15. The van der Waals surface area contributed by atoms with E-state index in [-0.39, 0.29) is 17.7 Å². The first-order chi connectivity index (χ1) is 21.3. The Labute approximate surface area is 256 Å². The first kappa shape index (κ1) is 31.3. The Morgan fingerprint density at radius 3 is 2.59 bits per heavy atom. The van der Waals surface area contributed by atoms with E-state index < -0.39 is 22.9 Å². The van der Waals surface area contributed by atoms with Gasteiger partial charge in [0, 0.05) is 42.4 Å². The number of aromatic nitrogens is 3. The van der Waals surface area contributed by atoms with E-state index in [2.05, 4.69) is 40.9 Å². The lowest BCUT2D eigenvalue weighted by atomic mass is 9.98. The maximum Gasteiger partial charge on any atom is 0.256 e. The maximum atomic E-state index is 15.1. The van der Waals surface area contributed by atoms with Crippen LogP contribution in [0.25, 0.3) is 33.7 Å². The van der Waals surface area contributed by atoms with Crippen LogP contribution in [0.5, 0.6) is 0 Å². The van der Waals surface area contributed by atoms with Gasteiger partial charge in [-0.15, -0.1) is 0 Å². The molecule has 0 saturated carbocycles. The molecule has 44 heavy (non-hydrogen) atoms. The number of para-hydroxylation sites is 1. The fourth-order valence-electron chi connectivity index (χ4n) is 5.57. The molecule has 1 unspecified atom stereocenters. The van der Waals surface area contributed by atoms with Crippen molar-refractivity contribution in [2.24, 2.45) is 0 Å². The van der Waals surface area contributed by atoms with Crippen LogP contribution in [0.15, 0.2) is 59.9 Å². The number of anilines is 1. The summed E-state index contributed by atoms with van der Waals surface area (Å²) < 4.78 is 36.9. The predicted octanol–water partition coefficient (Wildman–Crippen LogP) is 5.92. The average Bonchev–Trinajstić information content (AvgIpc) is 3.54. The molecule has 0 bridgehead atoms. The van der Waals surface area contributed by atoms with Gasteiger partial charge in [-0.3, -0.25) is 9.36 Å². The highest BCUT2D eigenvalue weighted by Crippen LogP contribution is 2.32. The van der Waals surface area contributed by atoms with Crippen LogP contribution in [0.2, 0.25) is 0 Å². The van der Waals surface area contributed by atoms with Crippen molar-refractivity contribution >= 4 is 22.7 Å². The Morgan fingerprint density at radius 2 is 1.89 bits per heavy atom. The third-order valence-electron chi connectivity index (χ3n) is 8.15. The van der Waals surface area contributed by atoms with Gasteiger partial charge < -0.3 is 20.3 Å². The molecule has 8 nitrogen and oxygen atoms in total. The SMILES string of the molecule is C=C(NCC1CCCO1)c1ccc(C)c(-c2nc(NCCCN(CC)CC)nc3c2ccc(=O)n3-c2c(F)cccc2F)c1. The van der Waals surface area contributed by atoms with E-state index in [0.29, 0.717) is 24.2 Å². The molecule has 1 aliphatic rings. The van der Waals surface area contributed by atoms with Crippen molar-refractivity contribution in [3.63, 3.8) is 0 Å². The van der Waals surface area contributed by atoms with Crippen molar-refractivity contribution in [3.05, 3.63) is 88.2 Å². The highest BCUT2D eigenvalue weighted by atomic mass is 19.1. The minimum Gasteiger partial charge on any atom is -0.382 e. The fraction of sp³-hybridized carbons (Fsp3) is 0.382. The number of pyridine rings is 1. The summed E-state index contributed by atoms with van der Waals surface area (Å²) in [5.41, 5.74) is 2.92. The molecule has 10 heteroatoms. The number of nitrogens with zero attached hydrogens (tertiary/aromatic N) is 4. The summed E-state index contributed by atoms with van der Waals surface area (Å²) in [4.78, 5) is 25.1. The predicted molar refractivity (Wildman–Crippen MR) is 172 cm³/mol. The molecule has 0 aliphatic carbocycles. The van der Waals surface area contributed by atoms with E-state index in [4.69, 9.17) is 9.72 Å². The standard InChI is InChI=1S/C34H40F2N6O2/c1-5-41(6-2)18-9-17-37-34-39-31(27-20-24(14-13-22(27)3)23(4)38-21-25-10-8-19-44-25)26-15-16-30(43)42(33(26)40-34)32-28(35)11-7-12-29(32)36/h7,11-16,20,25,38H,4-6,8-10,17-19,21H2,1-3H3,(H,37,39,40). The molecule has 1 saturated heterocycles. The fourth-order valence-corrected chi connectivity index (χ4v) is 5.57. The van der Waals surface area contributed by atoms with Crippen molar-refractivity contribution in [2.75, 3.05) is 44.6 Å². The summed E-state index contributed by atoms with van der Waals surface area (Å²) >= 11 is 0. The third kappa shape index (κ3) is 6.81. The summed E-state index contributed by atoms with van der Waals surface area (Å²) in [5.74, 6) is -1.45. The van der Waals surface area contributed by atoms with Gasteiger partial charge in [-0.05, 0) is 81.2 Å². The van der Waals surface area contributed by atoms with Gasteiger partial charge in [0.05, 0.1) is 11.8 Å². The van der Waals surface area contributed by atoms with Gasteiger partial charge in [0.1, 0.15) is 17.3 Å². The Morgan fingerprint density at radius 1 is 1.11 bits per heavy atom. The summed E-state index contributed by atoms with van der Waals surface area (Å²) in [6.45, 7) is 15.3. The van der Waals surface area contributed by atoms with Gasteiger partial charge in [0.25, 0.3) is 5.56 Å². The van der Waals surface area contributed by atoms with Crippen molar-refractivity contribution in [1.82, 2.24) is 24.8 Å². The second-order valence-corrected chi connectivity index (χ2v) is 11.0. The summed E-state index contributed by atoms with van der Waals surface area (Å²) in [6.07, 6.45) is 3.07. The second-order valence-electron chi connectivity index (χ2n) is 11.0. The number of nitrogens with one attached hydrogen (secondary N) is 2. The molecule has 0 radical (unpaired) electrons. The van der Waals surface area contributed by atoms with Crippen molar-refractivity contribution in [1.29, 1.82) is 0 Å². The molecule has 1 fully saturated rings. The zero-order valence-corrected chi connectivity index (χ0v) is 25.6. The van der Waals surface area contributed by atoms with E-state index in [1.165, 1.54) is 12.1 Å². The quantitative estimate of drug-likeness (QED) is 0.184. The smallest absolute Gasteiger partial charge is 0.256 e. The molecule has 5 rings (SSSR count). The molecule has 0 amide bonds. The van der Waals surface area contributed by atoms with Crippen LogP contribution >= 0.6 is 0 Å². The van der Waals surface area contributed by atoms with Crippen LogP contribution in [-0.4, -0.2) is 64.9 Å². The number of aryl methyl sites for hydroxylation is 1. The molecular formula is C34H40F2N6O2. The first-order valence-corrected chi connectivity index (χ1v) is 15.3. The molecule has 3 heterocycles. The Balaban J connectivity index is 1.60. The number of rotatable bonds is 13. The van der Waals surface area contributed by atoms with Gasteiger partial charge >= 0.3 is 0 Å². The van der Waals surface area contributed by atoms with E-state index in [1.54, 1.807) is 6.07 Å². The van der Waals surface area contributed by atoms with Crippen molar-refractivity contribution < 1.29 is 13.5 Å². The van der Waals surface area contributed by atoms with E-state index >= 15 is 8.78 Å². The number of halogens is 2. The Kier molecular flexibility index (Phi) is 10.0. The van der Waals surface area contributed by atoms with Crippen LogP contribution < -0.4 is 16.2 Å². The molecule has 2 N–H and O–H groups in total. The van der Waals surface area contributed by atoms with Crippen LogP contribution in [0.3, 0.4) is 0 Å². The van der Waals surface area contributed by atoms with E-state index in [1.807, 2.05) is 25.1 Å². The number of hydrogen-bond acceptors (Lipinski definition) is 7. The molecule has 1 aliphatic heterocycles. The molecule has 232 valence electrons. The molecule has 4 aromatic rings. The number of hydrogen-bond donors (Lipinski definition) is 2. The van der Waals surface area contributed by atoms with E-state index in [9.17, 15) is 4.79 Å². The zero-order chi connectivity index (χ0) is 31.2. The lowest BCUT2D eigenvalue weighted by Crippen LogP contribution is -2.25. The van der Waals surface area contributed by atoms with Crippen LogP contribution in [-0.2, 0) is 4.74 Å². The molecular weight excluding hydrogens is 562 g/mol. The highest BCUT2D eigenvalue weighted by Gasteiger charge is 2.21. The van der Waals surface area contributed by atoms with Crippen molar-refractivity contribution in [2.45, 2.75) is 46.1 Å². The topological polar surface area (TPSA) is 84.3 Å². The normalized spacial score (nSPS) is 14.8. The lowest BCUT2D eigenvalue weighted by Gasteiger charge is -2.19. The zero-order valence-electron chi connectivity index (χ0n) is 25.6. The minimum atomic E-state index is -0.861. The lowest BCUT2D eigenvalue weighted by molar-refractivity contribution is 0.113. The van der Waals surface area contributed by atoms with Gasteiger partial charge in [0.15, 0.2) is 5.65 Å². The first-order valence-electron chi connectivity index (χ1n) is 15.3. The average molecular weight is 603 g/mol. The highest BCUT2D eigenvalue weighted by molar-refractivity contribution is 5.93. The molecule has 2 aromatic heterocycles. The number of ether oxygens (including phenoxy) is 1. The van der Waals surface area contributed by atoms with Crippen LogP contribution in [0.1, 0.15) is 44.2 Å². The monoisotopic (exact) mass is 602 g/mol. The summed E-state index contributed by atoms with van der Waals surface area (Å²) in [7, 11) is 0. The third-order valence-corrected chi connectivity index (χ3v) is 8.15. The molecule has 0 spiro atoms. The second kappa shape index (κ2) is 14.1. The van der Waals surface area contributed by atoms with Gasteiger partial charge in [0.2, 0.25) is 5.95 Å². The van der Waals surface area contributed by atoms with Crippen molar-refractivity contribution in [3.8, 4) is 16.9 Å². The van der Waals surface area contributed by atoms with E-state index in [0.717, 1.165) is 84.6 Å². The van der Waals surface area contributed by atoms with Gasteiger partial charge in [-0.25, -0.2) is 13.8 Å². The molecule has 2 aromatic carbocycles.